The summed E-state index contributed by atoms with van der Waals surface area (Å²) in [4.78, 5) is 28.4. The molecule has 0 unspecified atom stereocenters. The maximum absolute atomic E-state index is 12.2. The molecule has 0 amide bonds. The van der Waals surface area contributed by atoms with Crippen molar-refractivity contribution in [2.45, 2.75) is 117 Å². The second-order valence-corrected chi connectivity index (χ2v) is 9.46. The first-order valence-corrected chi connectivity index (χ1v) is 13.4. The highest BCUT2D eigenvalue weighted by atomic mass is 16.5. The topological polar surface area (TPSA) is 65.5 Å². The second-order valence-electron chi connectivity index (χ2n) is 9.46. The highest BCUT2D eigenvalue weighted by molar-refractivity contribution is 5.91. The minimum Gasteiger partial charge on any atom is -0.461 e. The molecule has 0 atom stereocenters. The molecule has 0 radical (unpaired) electrons. The molecule has 33 heavy (non-hydrogen) atoms. The molecule has 1 aromatic rings. The summed E-state index contributed by atoms with van der Waals surface area (Å²) in [5.41, 5.74) is 0.295. The van der Waals surface area contributed by atoms with E-state index in [0.717, 1.165) is 19.3 Å². The highest BCUT2D eigenvalue weighted by Crippen LogP contribution is 2.13. The number of ether oxygens (including phenoxy) is 2. The third kappa shape index (κ3) is 15.5. The smallest absolute Gasteiger partial charge is 0.356 e. The van der Waals surface area contributed by atoms with E-state index < -0.39 is 11.9 Å². The summed E-state index contributed by atoms with van der Waals surface area (Å²) < 4.78 is 10.5. The second kappa shape index (κ2) is 19.5. The lowest BCUT2D eigenvalue weighted by atomic mass is 10.0. The van der Waals surface area contributed by atoms with Gasteiger partial charge in [-0.15, -0.1) is 0 Å². The van der Waals surface area contributed by atoms with Crippen molar-refractivity contribution in [2.75, 3.05) is 13.2 Å². The van der Waals surface area contributed by atoms with Crippen molar-refractivity contribution >= 4 is 11.9 Å². The maximum atomic E-state index is 12.2. The first-order valence-electron chi connectivity index (χ1n) is 13.4. The van der Waals surface area contributed by atoms with Crippen LogP contribution in [0.15, 0.2) is 18.2 Å². The normalized spacial score (nSPS) is 11.0. The van der Waals surface area contributed by atoms with Crippen LogP contribution in [0.25, 0.3) is 0 Å². The van der Waals surface area contributed by atoms with Crippen LogP contribution in [0.2, 0.25) is 0 Å². The third-order valence-electron chi connectivity index (χ3n) is 5.83. The van der Waals surface area contributed by atoms with Gasteiger partial charge in [0.15, 0.2) is 0 Å². The Hall–Kier alpha value is -1.91. The van der Waals surface area contributed by atoms with Crippen molar-refractivity contribution in [3.63, 3.8) is 0 Å². The van der Waals surface area contributed by atoms with Crippen molar-refractivity contribution in [3.8, 4) is 0 Å². The van der Waals surface area contributed by atoms with Crippen LogP contribution in [0.3, 0.4) is 0 Å². The highest BCUT2D eigenvalue weighted by Gasteiger charge is 2.14. The van der Waals surface area contributed by atoms with Crippen molar-refractivity contribution in [3.05, 3.63) is 29.6 Å². The Morgan fingerprint density at radius 1 is 0.697 bits per heavy atom. The molecular formula is C28H47NO4. The fourth-order valence-corrected chi connectivity index (χ4v) is 3.66. The summed E-state index contributed by atoms with van der Waals surface area (Å²) in [6.07, 6.45) is 18.9. The summed E-state index contributed by atoms with van der Waals surface area (Å²) in [6, 6.07) is 4.76. The van der Waals surface area contributed by atoms with Gasteiger partial charge in [0.2, 0.25) is 0 Å². The van der Waals surface area contributed by atoms with Crippen LogP contribution in [0.5, 0.6) is 0 Å². The number of pyridine rings is 1. The van der Waals surface area contributed by atoms with Crippen LogP contribution in [-0.4, -0.2) is 30.1 Å². The van der Waals surface area contributed by atoms with Gasteiger partial charge in [-0.1, -0.05) is 110 Å². The summed E-state index contributed by atoms with van der Waals surface area (Å²) in [5, 5.41) is 0. The van der Waals surface area contributed by atoms with Gasteiger partial charge in [0.25, 0.3) is 0 Å². The molecule has 5 heteroatoms. The Kier molecular flexibility index (Phi) is 17.3. The first kappa shape index (κ1) is 29.1. The molecule has 0 bridgehead atoms. The predicted octanol–water partition coefficient (Wildman–Crippen LogP) is 7.92. The quantitative estimate of drug-likeness (QED) is 0.146. The Labute approximate surface area is 202 Å². The van der Waals surface area contributed by atoms with Crippen molar-refractivity contribution in [2.24, 2.45) is 5.92 Å². The van der Waals surface area contributed by atoms with Gasteiger partial charge in [-0.2, -0.15) is 0 Å². The monoisotopic (exact) mass is 461 g/mol. The zero-order chi connectivity index (χ0) is 24.2. The van der Waals surface area contributed by atoms with E-state index in [2.05, 4.69) is 25.8 Å². The van der Waals surface area contributed by atoms with E-state index in [1.165, 1.54) is 77.0 Å². The maximum Gasteiger partial charge on any atom is 0.356 e. The molecule has 1 aromatic heterocycles. The summed E-state index contributed by atoms with van der Waals surface area (Å²) in [7, 11) is 0. The van der Waals surface area contributed by atoms with Crippen LogP contribution in [0, 0.1) is 5.92 Å². The van der Waals surface area contributed by atoms with Crippen molar-refractivity contribution in [1.82, 2.24) is 4.98 Å². The van der Waals surface area contributed by atoms with Gasteiger partial charge in [-0.3, -0.25) is 0 Å². The number of hydrogen-bond acceptors (Lipinski definition) is 5. The number of esters is 2. The van der Waals surface area contributed by atoms with Crippen LogP contribution in [-0.2, 0) is 9.47 Å². The molecule has 0 fully saturated rings. The van der Waals surface area contributed by atoms with Crippen LogP contribution in [0.1, 0.15) is 138 Å². The Morgan fingerprint density at radius 3 is 1.58 bits per heavy atom. The average Bonchev–Trinajstić information content (AvgIpc) is 2.81. The first-order chi connectivity index (χ1) is 16.0. The molecule has 188 valence electrons. The summed E-state index contributed by atoms with van der Waals surface area (Å²) in [5.74, 6) is -0.527. The van der Waals surface area contributed by atoms with Gasteiger partial charge in [0, 0.05) is 0 Å². The van der Waals surface area contributed by atoms with Gasteiger partial charge < -0.3 is 9.47 Å². The lowest BCUT2D eigenvalue weighted by Gasteiger charge is -2.08. The number of rotatable bonds is 20. The number of unbranched alkanes of at least 4 members (excludes halogenated alkanes) is 13. The third-order valence-corrected chi connectivity index (χ3v) is 5.83. The average molecular weight is 462 g/mol. The molecular weight excluding hydrogens is 414 g/mol. The molecule has 5 nitrogen and oxygen atoms in total. The Balaban J connectivity index is 2.05. The fourth-order valence-electron chi connectivity index (χ4n) is 3.66. The van der Waals surface area contributed by atoms with E-state index in [-0.39, 0.29) is 11.4 Å². The number of carbonyl (C=O) groups excluding carboxylic acids is 2. The Morgan fingerprint density at radius 2 is 1.12 bits per heavy atom. The fraction of sp³-hybridized carbons (Fsp3) is 0.750. The largest absolute Gasteiger partial charge is 0.461 e. The number of carbonyl (C=O) groups is 2. The Bertz CT molecular complexity index is 645. The van der Waals surface area contributed by atoms with Crippen LogP contribution < -0.4 is 0 Å². The van der Waals surface area contributed by atoms with Gasteiger partial charge in [-0.05, 0) is 30.9 Å². The summed E-state index contributed by atoms with van der Waals surface area (Å²) >= 11 is 0. The molecule has 0 saturated heterocycles. The van der Waals surface area contributed by atoms with Crippen molar-refractivity contribution in [1.29, 1.82) is 0 Å². The van der Waals surface area contributed by atoms with E-state index in [9.17, 15) is 9.59 Å². The molecule has 0 saturated carbocycles. The predicted molar refractivity (Wildman–Crippen MR) is 135 cm³/mol. The lowest BCUT2D eigenvalue weighted by Crippen LogP contribution is -2.14. The van der Waals surface area contributed by atoms with Crippen LogP contribution >= 0.6 is 0 Å². The van der Waals surface area contributed by atoms with Gasteiger partial charge in [-0.25, -0.2) is 14.6 Å². The molecule has 0 spiro atoms. The molecule has 0 aliphatic carbocycles. The zero-order valence-electron chi connectivity index (χ0n) is 21.4. The van der Waals surface area contributed by atoms with Gasteiger partial charge in [0.1, 0.15) is 11.4 Å². The van der Waals surface area contributed by atoms with E-state index >= 15 is 0 Å². The number of aromatic nitrogens is 1. The van der Waals surface area contributed by atoms with Gasteiger partial charge >= 0.3 is 11.9 Å². The van der Waals surface area contributed by atoms with E-state index in [1.807, 2.05) is 0 Å². The molecule has 0 aliphatic rings. The minimum absolute atomic E-state index is 0.143. The minimum atomic E-state index is -0.503. The summed E-state index contributed by atoms with van der Waals surface area (Å²) in [6.45, 7) is 7.15. The zero-order valence-corrected chi connectivity index (χ0v) is 21.4. The lowest BCUT2D eigenvalue weighted by molar-refractivity contribution is 0.0476. The number of nitrogens with zero attached hydrogens (tertiary/aromatic N) is 1. The molecule has 0 N–H and O–H groups in total. The van der Waals surface area contributed by atoms with Crippen LogP contribution in [0.4, 0.5) is 0 Å². The van der Waals surface area contributed by atoms with E-state index in [0.29, 0.717) is 19.1 Å². The van der Waals surface area contributed by atoms with E-state index in [4.69, 9.17) is 9.47 Å². The molecule has 0 aromatic carbocycles. The molecule has 1 rings (SSSR count). The molecule has 1 heterocycles. The van der Waals surface area contributed by atoms with Gasteiger partial charge in [0.05, 0.1) is 13.2 Å². The SMILES string of the molecule is CCCCCCCCCCCCCCCCOC(=O)c1cccc(C(=O)OCCC(C)C)n1. The molecule has 0 aliphatic heterocycles. The van der Waals surface area contributed by atoms with Crippen molar-refractivity contribution < 1.29 is 19.1 Å². The standard InChI is InChI=1S/C28H47NO4/c1-4-5-6-7-8-9-10-11-12-13-14-15-16-17-22-32-27(30)25-19-18-20-26(29-25)28(31)33-23-21-24(2)3/h18-20,24H,4-17,21-23H2,1-3H3. The van der Waals surface area contributed by atoms with E-state index in [1.54, 1.807) is 18.2 Å². The number of hydrogen-bond donors (Lipinski definition) is 0.